The van der Waals surface area contributed by atoms with E-state index < -0.39 is 30.6 Å². The summed E-state index contributed by atoms with van der Waals surface area (Å²) in [6.45, 7) is 2.30. The number of hydrogen-bond acceptors (Lipinski definition) is 5. The van der Waals surface area contributed by atoms with Crippen molar-refractivity contribution < 1.29 is 34.4 Å². The zero-order valence-electron chi connectivity index (χ0n) is 9.46. The van der Waals surface area contributed by atoms with Crippen LogP contribution in [0.2, 0.25) is 0 Å². The lowest BCUT2D eigenvalue weighted by Crippen LogP contribution is -2.32. The Kier molecular flexibility index (Phi) is 11.0. The van der Waals surface area contributed by atoms with E-state index in [0.717, 1.165) is 12.8 Å². The van der Waals surface area contributed by atoms with Crippen LogP contribution in [0.5, 0.6) is 0 Å². The summed E-state index contributed by atoms with van der Waals surface area (Å²) in [5.74, 6) is -2.50. The van der Waals surface area contributed by atoms with Crippen molar-refractivity contribution in [1.29, 1.82) is 0 Å². The topological polar surface area (TPSA) is 147 Å². The predicted octanol–water partition coefficient (Wildman–Crippen LogP) is 0.354. The molecular weight excluding hydrogens is 234 g/mol. The van der Waals surface area contributed by atoms with Crippen LogP contribution in [0.4, 0.5) is 4.79 Å². The van der Waals surface area contributed by atoms with Gasteiger partial charge in [-0.2, -0.15) is 0 Å². The highest BCUT2D eigenvalue weighted by atomic mass is 16.7. The second-order valence-corrected chi connectivity index (χ2v) is 3.01. The van der Waals surface area contributed by atoms with Gasteiger partial charge in [-0.25, -0.2) is 4.79 Å². The molecule has 0 aromatic carbocycles. The molecule has 17 heavy (non-hydrogen) atoms. The van der Waals surface area contributed by atoms with Crippen molar-refractivity contribution in [3.05, 3.63) is 0 Å². The lowest BCUT2D eigenvalue weighted by atomic mass is 10.2. The first-order chi connectivity index (χ1) is 7.81. The molecule has 100 valence electrons. The third-order valence-corrected chi connectivity index (χ3v) is 1.44. The minimum Gasteiger partial charge on any atom is -0.481 e. The standard InChI is InChI=1S/C5H10O3.C4H7NO4/c1-2-3-4-8-5(6)7;5-2(4(8)9)1-3(6)7/h2-4H2,1H3,(H,6,7);2H,1,5H2,(H,6,7)(H,8,9). The van der Waals surface area contributed by atoms with E-state index >= 15 is 0 Å². The van der Waals surface area contributed by atoms with Gasteiger partial charge in [-0.15, -0.1) is 0 Å². The van der Waals surface area contributed by atoms with Crippen molar-refractivity contribution in [2.75, 3.05) is 6.61 Å². The summed E-state index contributed by atoms with van der Waals surface area (Å²) < 4.78 is 4.20. The van der Waals surface area contributed by atoms with Gasteiger partial charge >= 0.3 is 18.1 Å². The molecule has 8 nitrogen and oxygen atoms in total. The fraction of sp³-hybridized carbons (Fsp3) is 0.667. The summed E-state index contributed by atoms with van der Waals surface area (Å²) in [7, 11) is 0. The second kappa shape index (κ2) is 10.7. The smallest absolute Gasteiger partial charge is 0.481 e. The third-order valence-electron chi connectivity index (χ3n) is 1.44. The number of carboxylic acid groups (broad SMARTS) is 3. The molecule has 5 N–H and O–H groups in total. The average molecular weight is 251 g/mol. The number of ether oxygens (including phenoxy) is 1. The van der Waals surface area contributed by atoms with Gasteiger partial charge in [-0.1, -0.05) is 13.3 Å². The molecule has 0 aromatic heterocycles. The molecule has 0 aliphatic heterocycles. The Bertz CT molecular complexity index is 254. The van der Waals surface area contributed by atoms with E-state index in [0.29, 0.717) is 6.61 Å². The van der Waals surface area contributed by atoms with Crippen molar-refractivity contribution in [3.8, 4) is 0 Å². The Hall–Kier alpha value is -1.83. The molecule has 0 heterocycles. The monoisotopic (exact) mass is 251 g/mol. The molecule has 1 atom stereocenters. The molecule has 0 amide bonds. The largest absolute Gasteiger partial charge is 0.505 e. The molecule has 0 rings (SSSR count). The van der Waals surface area contributed by atoms with E-state index in [1.54, 1.807) is 0 Å². The van der Waals surface area contributed by atoms with Crippen molar-refractivity contribution in [3.63, 3.8) is 0 Å². The normalized spacial score (nSPS) is 10.7. The zero-order chi connectivity index (χ0) is 13.8. The lowest BCUT2D eigenvalue weighted by molar-refractivity contribution is -0.144. The van der Waals surface area contributed by atoms with Gasteiger partial charge < -0.3 is 25.8 Å². The van der Waals surface area contributed by atoms with E-state index in [4.69, 9.17) is 21.1 Å². The Balaban J connectivity index is 0. The molecule has 1 unspecified atom stereocenters. The highest BCUT2D eigenvalue weighted by molar-refractivity contribution is 5.80. The first-order valence-corrected chi connectivity index (χ1v) is 4.87. The fourth-order valence-corrected chi connectivity index (χ4v) is 0.579. The molecule has 0 bridgehead atoms. The number of aliphatic carboxylic acids is 2. The van der Waals surface area contributed by atoms with Crippen molar-refractivity contribution in [1.82, 2.24) is 0 Å². The van der Waals surface area contributed by atoms with Gasteiger partial charge in [0.05, 0.1) is 13.0 Å². The van der Waals surface area contributed by atoms with Crippen LogP contribution < -0.4 is 5.73 Å². The van der Waals surface area contributed by atoms with Crippen LogP contribution in [0.25, 0.3) is 0 Å². The summed E-state index contributed by atoms with van der Waals surface area (Å²) in [5.41, 5.74) is 4.84. The number of unbranched alkanes of at least 4 members (excludes halogenated alkanes) is 1. The molecule has 0 aliphatic rings. The van der Waals surface area contributed by atoms with E-state index in [2.05, 4.69) is 4.74 Å². The minimum atomic E-state index is -1.29. The molecule has 0 aliphatic carbocycles. The van der Waals surface area contributed by atoms with Crippen LogP contribution >= 0.6 is 0 Å². The maximum absolute atomic E-state index is 9.85. The lowest BCUT2D eigenvalue weighted by Gasteiger charge is -1.99. The Labute approximate surface area is 98.0 Å². The average Bonchev–Trinajstić information content (AvgIpc) is 2.17. The van der Waals surface area contributed by atoms with E-state index in [1.165, 1.54) is 0 Å². The quantitative estimate of drug-likeness (QED) is 0.390. The summed E-state index contributed by atoms with van der Waals surface area (Å²) >= 11 is 0. The van der Waals surface area contributed by atoms with Crippen molar-refractivity contribution >= 4 is 18.1 Å². The third kappa shape index (κ3) is 16.8. The van der Waals surface area contributed by atoms with Gasteiger partial charge in [-0.05, 0) is 6.42 Å². The number of carboxylic acids is 2. The molecule has 0 saturated carbocycles. The van der Waals surface area contributed by atoms with E-state index in [1.807, 2.05) is 6.92 Å². The van der Waals surface area contributed by atoms with Crippen LogP contribution in [0.3, 0.4) is 0 Å². The van der Waals surface area contributed by atoms with Crippen molar-refractivity contribution in [2.24, 2.45) is 5.73 Å². The summed E-state index contributed by atoms with van der Waals surface area (Å²) in [6, 6.07) is -1.29. The fourth-order valence-electron chi connectivity index (χ4n) is 0.579. The molecule has 0 spiro atoms. The van der Waals surface area contributed by atoms with Gasteiger partial charge in [0.15, 0.2) is 0 Å². The molecule has 0 saturated heterocycles. The van der Waals surface area contributed by atoms with Crippen molar-refractivity contribution in [2.45, 2.75) is 32.2 Å². The summed E-state index contributed by atoms with van der Waals surface area (Å²) in [4.78, 5) is 29.3. The highest BCUT2D eigenvalue weighted by Crippen LogP contribution is 1.87. The molecule has 0 radical (unpaired) electrons. The van der Waals surface area contributed by atoms with Gasteiger partial charge in [-0.3, -0.25) is 9.59 Å². The van der Waals surface area contributed by atoms with Gasteiger partial charge in [0.25, 0.3) is 0 Å². The first-order valence-electron chi connectivity index (χ1n) is 4.87. The molecule has 8 heteroatoms. The van der Waals surface area contributed by atoms with Gasteiger partial charge in [0.2, 0.25) is 0 Å². The summed E-state index contributed by atoms with van der Waals surface area (Å²) in [5, 5.41) is 23.9. The van der Waals surface area contributed by atoms with Crippen LogP contribution in [0, 0.1) is 0 Å². The van der Waals surface area contributed by atoms with Gasteiger partial charge in [0.1, 0.15) is 6.04 Å². The van der Waals surface area contributed by atoms with E-state index in [-0.39, 0.29) is 0 Å². The molecule has 0 fully saturated rings. The minimum absolute atomic E-state index is 0.325. The van der Waals surface area contributed by atoms with Crippen LogP contribution in [0.15, 0.2) is 0 Å². The number of nitrogens with two attached hydrogens (primary N) is 1. The Morgan fingerprint density at radius 1 is 1.24 bits per heavy atom. The molecule has 0 aromatic rings. The summed E-state index contributed by atoms with van der Waals surface area (Å²) in [6.07, 6.45) is 0.0630. The van der Waals surface area contributed by atoms with Crippen LogP contribution in [-0.4, -0.2) is 46.1 Å². The first kappa shape index (κ1) is 17.6. The highest BCUT2D eigenvalue weighted by Gasteiger charge is 2.14. The maximum atomic E-state index is 9.85. The Morgan fingerprint density at radius 2 is 1.76 bits per heavy atom. The SMILES string of the molecule is CCCCOC(=O)O.NC(CC(=O)O)C(=O)O. The predicted molar refractivity (Wildman–Crippen MR) is 56.7 cm³/mol. The second-order valence-electron chi connectivity index (χ2n) is 3.01. The Morgan fingerprint density at radius 3 is 2.00 bits per heavy atom. The van der Waals surface area contributed by atoms with E-state index in [9.17, 15) is 14.4 Å². The number of carbonyl (C=O) groups is 3. The van der Waals surface area contributed by atoms with Crippen LogP contribution in [-0.2, 0) is 14.3 Å². The zero-order valence-corrected chi connectivity index (χ0v) is 9.46. The number of rotatable bonds is 6. The molecular formula is C9H17NO7. The number of hydrogen-bond donors (Lipinski definition) is 4. The van der Waals surface area contributed by atoms with Gasteiger partial charge in [0, 0.05) is 0 Å². The van der Waals surface area contributed by atoms with Crippen LogP contribution in [0.1, 0.15) is 26.2 Å². The maximum Gasteiger partial charge on any atom is 0.505 e.